The van der Waals surface area contributed by atoms with Crippen molar-refractivity contribution in [2.24, 2.45) is 0 Å². The van der Waals surface area contributed by atoms with E-state index in [-0.39, 0.29) is 11.9 Å². The number of anilines is 2. The molecule has 0 bridgehead atoms. The highest BCUT2D eigenvalue weighted by atomic mass is 35.5. The number of benzene rings is 3. The maximum atomic E-state index is 13.1. The van der Waals surface area contributed by atoms with Gasteiger partial charge in [0.15, 0.2) is 0 Å². The Morgan fingerprint density at radius 2 is 1.77 bits per heavy atom. The van der Waals surface area contributed by atoms with Gasteiger partial charge in [0.2, 0.25) is 0 Å². The Kier molecular flexibility index (Phi) is 6.18. The highest BCUT2D eigenvalue weighted by Gasteiger charge is 2.27. The molecule has 31 heavy (non-hydrogen) atoms. The Hall–Kier alpha value is -3.38. The minimum absolute atomic E-state index is 0.104. The van der Waals surface area contributed by atoms with E-state index in [0.717, 1.165) is 12.0 Å². The summed E-state index contributed by atoms with van der Waals surface area (Å²) in [7, 11) is 0. The van der Waals surface area contributed by atoms with Gasteiger partial charge in [-0.3, -0.25) is 9.69 Å². The van der Waals surface area contributed by atoms with Gasteiger partial charge in [-0.2, -0.15) is 0 Å². The molecule has 0 spiro atoms. The molecule has 4 rings (SSSR count). The SMILES string of the molecule is O=C(Nc1cccc(N2CCCN(Cc3ccccc3Cl)C2=O)c1)c1ccc(F)cc1. The van der Waals surface area contributed by atoms with Gasteiger partial charge in [0.25, 0.3) is 5.91 Å². The maximum Gasteiger partial charge on any atom is 0.324 e. The van der Waals surface area contributed by atoms with E-state index in [1.54, 1.807) is 28.0 Å². The molecule has 0 unspecified atom stereocenters. The van der Waals surface area contributed by atoms with Crippen LogP contribution in [0.1, 0.15) is 22.3 Å². The van der Waals surface area contributed by atoms with E-state index in [1.165, 1.54) is 24.3 Å². The van der Waals surface area contributed by atoms with Crippen molar-refractivity contribution in [3.8, 4) is 0 Å². The second-order valence-corrected chi connectivity index (χ2v) is 7.72. The van der Waals surface area contributed by atoms with Crippen molar-refractivity contribution < 1.29 is 14.0 Å². The first kappa shape index (κ1) is 20.9. The highest BCUT2D eigenvalue weighted by molar-refractivity contribution is 6.31. The number of hydrogen-bond acceptors (Lipinski definition) is 2. The van der Waals surface area contributed by atoms with E-state index >= 15 is 0 Å². The third-order valence-corrected chi connectivity index (χ3v) is 5.52. The van der Waals surface area contributed by atoms with E-state index in [2.05, 4.69) is 5.32 Å². The van der Waals surface area contributed by atoms with E-state index in [9.17, 15) is 14.0 Å². The van der Waals surface area contributed by atoms with E-state index in [0.29, 0.717) is 41.6 Å². The molecule has 0 saturated carbocycles. The molecular formula is C24H21ClFN3O2. The fourth-order valence-corrected chi connectivity index (χ4v) is 3.75. The van der Waals surface area contributed by atoms with Crippen molar-refractivity contribution in [3.63, 3.8) is 0 Å². The van der Waals surface area contributed by atoms with E-state index in [1.807, 2.05) is 30.3 Å². The van der Waals surface area contributed by atoms with Gasteiger partial charge in [-0.05, 0) is 60.5 Å². The fraction of sp³-hybridized carbons (Fsp3) is 0.167. The molecule has 0 aliphatic carbocycles. The predicted molar refractivity (Wildman–Crippen MR) is 120 cm³/mol. The molecule has 158 valence electrons. The lowest BCUT2D eigenvalue weighted by molar-refractivity contribution is 0.102. The van der Waals surface area contributed by atoms with Crippen LogP contribution in [0.3, 0.4) is 0 Å². The predicted octanol–water partition coefficient (Wildman–Crippen LogP) is 5.56. The molecular weight excluding hydrogens is 417 g/mol. The normalized spacial score (nSPS) is 13.9. The van der Waals surface area contributed by atoms with Crippen LogP contribution in [0.15, 0.2) is 72.8 Å². The van der Waals surface area contributed by atoms with Crippen LogP contribution >= 0.6 is 11.6 Å². The zero-order chi connectivity index (χ0) is 21.8. The summed E-state index contributed by atoms with van der Waals surface area (Å²) >= 11 is 6.26. The first-order chi connectivity index (χ1) is 15.0. The molecule has 1 N–H and O–H groups in total. The highest BCUT2D eigenvalue weighted by Crippen LogP contribution is 2.26. The Morgan fingerprint density at radius 1 is 1.00 bits per heavy atom. The number of nitrogens with one attached hydrogen (secondary N) is 1. The van der Waals surface area contributed by atoms with Gasteiger partial charge in [0.1, 0.15) is 5.82 Å². The lowest BCUT2D eigenvalue weighted by Crippen LogP contribution is -2.49. The van der Waals surface area contributed by atoms with Crippen molar-refractivity contribution in [2.45, 2.75) is 13.0 Å². The molecule has 5 nitrogen and oxygen atoms in total. The number of nitrogens with zero attached hydrogens (tertiary/aromatic N) is 2. The van der Waals surface area contributed by atoms with Gasteiger partial charge in [-0.25, -0.2) is 9.18 Å². The molecule has 3 amide bonds. The van der Waals surface area contributed by atoms with Crippen LogP contribution < -0.4 is 10.2 Å². The molecule has 1 aliphatic heterocycles. The lowest BCUT2D eigenvalue weighted by atomic mass is 10.1. The molecule has 1 saturated heterocycles. The third-order valence-electron chi connectivity index (χ3n) is 5.15. The first-order valence-corrected chi connectivity index (χ1v) is 10.4. The zero-order valence-electron chi connectivity index (χ0n) is 16.7. The molecule has 0 atom stereocenters. The Labute approximate surface area is 185 Å². The third kappa shape index (κ3) is 4.86. The van der Waals surface area contributed by atoms with Crippen molar-refractivity contribution >= 4 is 34.9 Å². The van der Waals surface area contributed by atoms with Crippen LogP contribution in [0, 0.1) is 5.82 Å². The molecule has 3 aromatic carbocycles. The van der Waals surface area contributed by atoms with Crippen LogP contribution in [0.5, 0.6) is 0 Å². The van der Waals surface area contributed by atoms with Crippen LogP contribution in [0.25, 0.3) is 0 Å². The van der Waals surface area contributed by atoms with Crippen LogP contribution in [-0.2, 0) is 6.54 Å². The summed E-state index contributed by atoms with van der Waals surface area (Å²) in [5.74, 6) is -0.744. The fourth-order valence-electron chi connectivity index (χ4n) is 3.56. The summed E-state index contributed by atoms with van der Waals surface area (Å²) < 4.78 is 13.1. The summed E-state index contributed by atoms with van der Waals surface area (Å²) in [6, 6.07) is 19.9. The lowest BCUT2D eigenvalue weighted by Gasteiger charge is -2.36. The van der Waals surface area contributed by atoms with Gasteiger partial charge in [0.05, 0.1) is 0 Å². The van der Waals surface area contributed by atoms with Crippen molar-refractivity contribution in [3.05, 3.63) is 94.8 Å². The van der Waals surface area contributed by atoms with E-state index in [4.69, 9.17) is 11.6 Å². The Balaban J connectivity index is 1.48. The maximum absolute atomic E-state index is 13.1. The van der Waals surface area contributed by atoms with Crippen LogP contribution in [0.2, 0.25) is 5.02 Å². The molecule has 0 radical (unpaired) electrons. The minimum Gasteiger partial charge on any atom is -0.322 e. The molecule has 1 fully saturated rings. The molecule has 3 aromatic rings. The summed E-state index contributed by atoms with van der Waals surface area (Å²) in [6.45, 7) is 1.69. The standard InChI is InChI=1S/C24H21ClFN3O2/c25-22-8-2-1-5-18(22)16-28-13-4-14-29(24(28)31)21-7-3-6-20(15-21)27-23(30)17-9-11-19(26)12-10-17/h1-3,5-12,15H,4,13-14,16H2,(H,27,30). The van der Waals surface area contributed by atoms with Gasteiger partial charge < -0.3 is 10.2 Å². The average molecular weight is 438 g/mol. The van der Waals surface area contributed by atoms with Crippen molar-refractivity contribution in [2.75, 3.05) is 23.3 Å². The summed E-state index contributed by atoms with van der Waals surface area (Å²) in [5, 5.41) is 3.44. The number of amides is 3. The Bertz CT molecular complexity index is 1100. The van der Waals surface area contributed by atoms with Crippen LogP contribution in [-0.4, -0.2) is 29.9 Å². The molecule has 0 aromatic heterocycles. The van der Waals surface area contributed by atoms with Gasteiger partial charge in [-0.1, -0.05) is 35.9 Å². The number of urea groups is 1. The second-order valence-electron chi connectivity index (χ2n) is 7.31. The van der Waals surface area contributed by atoms with Crippen molar-refractivity contribution in [1.82, 2.24) is 4.90 Å². The van der Waals surface area contributed by atoms with Crippen molar-refractivity contribution in [1.29, 1.82) is 0 Å². The second kappa shape index (κ2) is 9.18. The summed E-state index contributed by atoms with van der Waals surface area (Å²) in [4.78, 5) is 29.0. The summed E-state index contributed by atoms with van der Waals surface area (Å²) in [6.07, 6.45) is 0.822. The Morgan fingerprint density at radius 3 is 2.55 bits per heavy atom. The molecule has 7 heteroatoms. The van der Waals surface area contributed by atoms with Gasteiger partial charge in [0, 0.05) is 41.6 Å². The number of rotatable bonds is 5. The summed E-state index contributed by atoms with van der Waals surface area (Å²) in [5.41, 5.74) is 2.51. The van der Waals surface area contributed by atoms with E-state index < -0.39 is 5.82 Å². The number of carbonyl (C=O) groups is 2. The average Bonchev–Trinajstić information content (AvgIpc) is 2.77. The minimum atomic E-state index is -0.400. The monoisotopic (exact) mass is 437 g/mol. The first-order valence-electron chi connectivity index (χ1n) is 9.98. The van der Waals surface area contributed by atoms with Gasteiger partial charge >= 0.3 is 6.03 Å². The number of hydrogen-bond donors (Lipinski definition) is 1. The number of halogens is 2. The van der Waals surface area contributed by atoms with Gasteiger partial charge in [-0.15, -0.1) is 0 Å². The quantitative estimate of drug-likeness (QED) is 0.567. The largest absolute Gasteiger partial charge is 0.324 e. The van der Waals surface area contributed by atoms with Crippen LogP contribution in [0.4, 0.5) is 20.6 Å². The zero-order valence-corrected chi connectivity index (χ0v) is 17.5. The topological polar surface area (TPSA) is 52.7 Å². The molecule has 1 aliphatic rings. The molecule has 1 heterocycles. The smallest absolute Gasteiger partial charge is 0.322 e. The number of carbonyl (C=O) groups excluding carboxylic acids is 2.